The van der Waals surface area contributed by atoms with Gasteiger partial charge in [-0.15, -0.1) is 0 Å². The van der Waals surface area contributed by atoms with E-state index in [0.29, 0.717) is 6.54 Å². The fraction of sp³-hybridized carbons (Fsp3) is 0.562. The molecule has 1 heterocycles. The molecule has 2 N–H and O–H groups in total. The van der Waals surface area contributed by atoms with Crippen molar-refractivity contribution in [3.8, 4) is 5.75 Å². The van der Waals surface area contributed by atoms with E-state index in [4.69, 9.17) is 4.74 Å². The topological polar surface area (TPSA) is 65.0 Å². The summed E-state index contributed by atoms with van der Waals surface area (Å²) in [5.41, 5.74) is 0.917. The number of carbonyl (C=O) groups excluding carboxylic acids is 1. The second-order valence-electron chi connectivity index (χ2n) is 5.46. The molecule has 1 saturated heterocycles. The Hall–Kier alpha value is -1.63. The number of likely N-dealkylation sites (N-methyl/N-ethyl adjacent to an activating group) is 1. The molecule has 1 amide bonds. The van der Waals surface area contributed by atoms with Crippen LogP contribution in [0.15, 0.2) is 24.3 Å². The van der Waals surface area contributed by atoms with Gasteiger partial charge in [-0.2, -0.15) is 0 Å². The first-order valence-electron chi connectivity index (χ1n) is 7.62. The molecular weight excluding hydrogens is 282 g/mol. The van der Waals surface area contributed by atoms with Crippen LogP contribution in [-0.2, 0) is 4.79 Å². The SMILES string of the molecule is COc1ccc(C(C(=O)N2CCNCC2)N(C)CCO)cc1. The van der Waals surface area contributed by atoms with Gasteiger partial charge in [0.25, 0.3) is 0 Å². The minimum absolute atomic E-state index is 0.0258. The quantitative estimate of drug-likeness (QED) is 0.780. The number of piperazine rings is 1. The lowest BCUT2D eigenvalue weighted by molar-refractivity contribution is -0.137. The molecule has 6 nitrogen and oxygen atoms in total. The third-order valence-corrected chi connectivity index (χ3v) is 3.99. The van der Waals surface area contributed by atoms with Crippen molar-refractivity contribution in [1.29, 1.82) is 0 Å². The van der Waals surface area contributed by atoms with Crippen LogP contribution in [0.25, 0.3) is 0 Å². The first kappa shape index (κ1) is 16.7. The number of nitrogens with one attached hydrogen (secondary N) is 1. The van der Waals surface area contributed by atoms with Gasteiger partial charge in [0.2, 0.25) is 5.91 Å². The van der Waals surface area contributed by atoms with E-state index in [1.165, 1.54) is 0 Å². The summed E-state index contributed by atoms with van der Waals surface area (Å²) in [7, 11) is 3.49. The van der Waals surface area contributed by atoms with Crippen molar-refractivity contribution >= 4 is 5.91 Å². The number of nitrogens with zero attached hydrogens (tertiary/aromatic N) is 2. The summed E-state index contributed by atoms with van der Waals surface area (Å²) < 4.78 is 5.18. The molecule has 1 atom stereocenters. The lowest BCUT2D eigenvalue weighted by Crippen LogP contribution is -2.50. The summed E-state index contributed by atoms with van der Waals surface area (Å²) in [4.78, 5) is 16.7. The molecule has 1 aromatic carbocycles. The fourth-order valence-corrected chi connectivity index (χ4v) is 2.72. The van der Waals surface area contributed by atoms with Crippen molar-refractivity contribution in [1.82, 2.24) is 15.1 Å². The van der Waals surface area contributed by atoms with Gasteiger partial charge >= 0.3 is 0 Å². The highest BCUT2D eigenvalue weighted by Crippen LogP contribution is 2.24. The molecule has 2 rings (SSSR count). The van der Waals surface area contributed by atoms with E-state index < -0.39 is 0 Å². The number of rotatable bonds is 6. The van der Waals surface area contributed by atoms with E-state index in [9.17, 15) is 9.90 Å². The van der Waals surface area contributed by atoms with E-state index in [-0.39, 0.29) is 18.6 Å². The van der Waals surface area contributed by atoms with Crippen LogP contribution in [0.1, 0.15) is 11.6 Å². The highest BCUT2D eigenvalue weighted by molar-refractivity contribution is 5.83. The van der Waals surface area contributed by atoms with Crippen molar-refractivity contribution in [3.63, 3.8) is 0 Å². The third-order valence-electron chi connectivity index (χ3n) is 3.99. The number of methoxy groups -OCH3 is 1. The summed E-state index contributed by atoms with van der Waals surface area (Å²) in [6, 6.07) is 7.17. The molecule has 1 aliphatic rings. The normalized spacial score (nSPS) is 16.6. The molecule has 1 fully saturated rings. The largest absolute Gasteiger partial charge is 0.497 e. The van der Waals surface area contributed by atoms with Gasteiger partial charge in [-0.05, 0) is 24.7 Å². The third kappa shape index (κ3) is 3.97. The van der Waals surface area contributed by atoms with Crippen LogP contribution >= 0.6 is 0 Å². The standard InChI is InChI=1S/C16H25N3O3/c1-18(11-12-20)15(13-3-5-14(22-2)6-4-13)16(21)19-9-7-17-8-10-19/h3-6,15,17,20H,7-12H2,1-2H3. The molecule has 0 bridgehead atoms. The van der Waals surface area contributed by atoms with Gasteiger partial charge in [0, 0.05) is 32.7 Å². The van der Waals surface area contributed by atoms with Crippen LogP contribution < -0.4 is 10.1 Å². The van der Waals surface area contributed by atoms with Gasteiger partial charge in [0.05, 0.1) is 13.7 Å². The molecule has 22 heavy (non-hydrogen) atoms. The average molecular weight is 307 g/mol. The number of aliphatic hydroxyl groups excluding tert-OH is 1. The lowest BCUT2D eigenvalue weighted by atomic mass is 10.0. The smallest absolute Gasteiger partial charge is 0.244 e. The highest BCUT2D eigenvalue weighted by Gasteiger charge is 2.29. The molecule has 0 radical (unpaired) electrons. The summed E-state index contributed by atoms with van der Waals surface area (Å²) in [5.74, 6) is 0.851. The number of amides is 1. The number of carbonyl (C=O) groups is 1. The van der Waals surface area contributed by atoms with Crippen LogP contribution in [-0.4, -0.2) is 74.3 Å². The Kier molecular flexibility index (Phi) is 6.18. The zero-order valence-electron chi connectivity index (χ0n) is 13.3. The Morgan fingerprint density at radius 2 is 2.00 bits per heavy atom. The van der Waals surface area contributed by atoms with Crippen LogP contribution in [0.2, 0.25) is 0 Å². The Labute approximate surface area is 131 Å². The second-order valence-corrected chi connectivity index (χ2v) is 5.46. The maximum absolute atomic E-state index is 12.9. The molecule has 1 aromatic rings. The van der Waals surface area contributed by atoms with E-state index in [1.54, 1.807) is 7.11 Å². The maximum Gasteiger partial charge on any atom is 0.244 e. The van der Waals surface area contributed by atoms with Crippen LogP contribution in [0, 0.1) is 0 Å². The van der Waals surface area contributed by atoms with E-state index in [1.807, 2.05) is 41.1 Å². The van der Waals surface area contributed by atoms with Gasteiger partial charge in [0.1, 0.15) is 11.8 Å². The number of benzene rings is 1. The van der Waals surface area contributed by atoms with E-state index in [0.717, 1.165) is 37.5 Å². The number of aliphatic hydroxyl groups is 1. The van der Waals surface area contributed by atoms with E-state index in [2.05, 4.69) is 5.32 Å². The average Bonchev–Trinajstić information content (AvgIpc) is 2.56. The van der Waals surface area contributed by atoms with Gasteiger partial charge in [0.15, 0.2) is 0 Å². The van der Waals surface area contributed by atoms with Gasteiger partial charge in [-0.3, -0.25) is 9.69 Å². The first-order valence-corrected chi connectivity index (χ1v) is 7.62. The molecule has 0 aromatic heterocycles. The first-order chi connectivity index (χ1) is 10.7. The predicted molar refractivity (Wildman–Crippen MR) is 84.9 cm³/mol. The second kappa shape index (κ2) is 8.12. The van der Waals surface area contributed by atoms with Crippen LogP contribution in [0.3, 0.4) is 0 Å². The minimum Gasteiger partial charge on any atom is -0.497 e. The summed E-state index contributed by atoms with van der Waals surface area (Å²) in [6.07, 6.45) is 0. The van der Waals surface area contributed by atoms with Gasteiger partial charge in [-0.1, -0.05) is 12.1 Å². The Morgan fingerprint density at radius 3 is 2.55 bits per heavy atom. The van der Waals surface area contributed by atoms with Crippen LogP contribution in [0.4, 0.5) is 0 Å². The predicted octanol–water partition coefficient (Wildman–Crippen LogP) is 0.0922. The zero-order valence-corrected chi connectivity index (χ0v) is 13.3. The zero-order chi connectivity index (χ0) is 15.9. The lowest BCUT2D eigenvalue weighted by Gasteiger charge is -2.34. The van der Waals surface area contributed by atoms with Crippen LogP contribution in [0.5, 0.6) is 5.75 Å². The van der Waals surface area contributed by atoms with Crippen molar-refractivity contribution in [2.75, 3.05) is 53.5 Å². The molecule has 1 aliphatic heterocycles. The molecule has 0 spiro atoms. The van der Waals surface area contributed by atoms with E-state index >= 15 is 0 Å². The summed E-state index contributed by atoms with van der Waals surface area (Å²) >= 11 is 0. The molecule has 0 saturated carbocycles. The molecule has 0 aliphatic carbocycles. The molecule has 1 unspecified atom stereocenters. The Bertz CT molecular complexity index is 472. The monoisotopic (exact) mass is 307 g/mol. The summed E-state index contributed by atoms with van der Waals surface area (Å²) in [5, 5.41) is 12.5. The maximum atomic E-state index is 12.9. The molecule has 122 valence electrons. The van der Waals surface area contributed by atoms with Crippen molar-refractivity contribution in [2.45, 2.75) is 6.04 Å². The molecule has 6 heteroatoms. The highest BCUT2D eigenvalue weighted by atomic mass is 16.5. The van der Waals surface area contributed by atoms with Crippen molar-refractivity contribution in [3.05, 3.63) is 29.8 Å². The Balaban J connectivity index is 2.22. The summed E-state index contributed by atoms with van der Waals surface area (Å²) in [6.45, 7) is 3.57. The minimum atomic E-state index is -0.379. The Morgan fingerprint density at radius 1 is 1.36 bits per heavy atom. The van der Waals surface area contributed by atoms with Crippen molar-refractivity contribution < 1.29 is 14.6 Å². The van der Waals surface area contributed by atoms with Gasteiger partial charge in [-0.25, -0.2) is 0 Å². The van der Waals surface area contributed by atoms with Gasteiger partial charge < -0.3 is 20.1 Å². The number of hydrogen-bond donors (Lipinski definition) is 2. The van der Waals surface area contributed by atoms with Crippen molar-refractivity contribution in [2.24, 2.45) is 0 Å². The number of ether oxygens (including phenoxy) is 1. The molecular formula is C16H25N3O3. The number of hydrogen-bond acceptors (Lipinski definition) is 5. The fourth-order valence-electron chi connectivity index (χ4n) is 2.72.